The Kier molecular flexibility index (Phi) is 5.20. The van der Waals surface area contributed by atoms with Gasteiger partial charge in [-0.1, -0.05) is 24.3 Å². The maximum Gasteiger partial charge on any atom is 0.251 e. The average molecular weight is 339 g/mol. The summed E-state index contributed by atoms with van der Waals surface area (Å²) in [4.78, 5) is 12.2. The van der Waals surface area contributed by atoms with Crippen LogP contribution in [-0.2, 0) is 6.54 Å². The van der Waals surface area contributed by atoms with Crippen LogP contribution in [0.3, 0.4) is 0 Å². The van der Waals surface area contributed by atoms with Crippen molar-refractivity contribution in [2.24, 2.45) is 0 Å². The standard InChI is InChI=1S/C19H18FN3O2/c20-17-8-6-15(7-9-17)18(24)12-21-19(25)16-4-2-14(3-5-16)13-23-11-1-10-22-23/h1-11,18,24H,12-13H2,(H,21,25). The van der Waals surface area contributed by atoms with Gasteiger partial charge in [0.15, 0.2) is 0 Å². The number of aliphatic hydroxyl groups excluding tert-OH is 1. The van der Waals surface area contributed by atoms with E-state index < -0.39 is 6.10 Å². The van der Waals surface area contributed by atoms with E-state index in [1.807, 2.05) is 24.4 Å². The summed E-state index contributed by atoms with van der Waals surface area (Å²) >= 11 is 0. The Labute approximate surface area is 144 Å². The number of halogens is 1. The van der Waals surface area contributed by atoms with Gasteiger partial charge in [0.1, 0.15) is 5.82 Å². The molecule has 2 aromatic carbocycles. The molecule has 0 aliphatic heterocycles. The van der Waals surface area contributed by atoms with Gasteiger partial charge in [0.05, 0.1) is 12.6 Å². The van der Waals surface area contributed by atoms with E-state index in [-0.39, 0.29) is 18.3 Å². The number of carbonyl (C=O) groups is 1. The Morgan fingerprint density at radius 2 is 1.88 bits per heavy atom. The molecule has 3 aromatic rings. The van der Waals surface area contributed by atoms with Crippen LogP contribution in [0.2, 0.25) is 0 Å². The zero-order valence-corrected chi connectivity index (χ0v) is 13.5. The molecule has 0 aliphatic carbocycles. The van der Waals surface area contributed by atoms with E-state index in [0.717, 1.165) is 5.56 Å². The largest absolute Gasteiger partial charge is 0.387 e. The first-order valence-corrected chi connectivity index (χ1v) is 7.90. The molecule has 0 spiro atoms. The first-order chi connectivity index (χ1) is 12.1. The minimum absolute atomic E-state index is 0.0551. The molecule has 0 fully saturated rings. The highest BCUT2D eigenvalue weighted by molar-refractivity contribution is 5.94. The van der Waals surface area contributed by atoms with Crippen LogP contribution in [0.5, 0.6) is 0 Å². The average Bonchev–Trinajstić information content (AvgIpc) is 3.13. The van der Waals surface area contributed by atoms with Crippen molar-refractivity contribution < 1.29 is 14.3 Å². The Hall–Kier alpha value is -2.99. The van der Waals surface area contributed by atoms with Gasteiger partial charge in [0.25, 0.3) is 5.91 Å². The van der Waals surface area contributed by atoms with Crippen LogP contribution in [0, 0.1) is 5.82 Å². The second kappa shape index (κ2) is 7.72. The van der Waals surface area contributed by atoms with E-state index in [4.69, 9.17) is 0 Å². The van der Waals surface area contributed by atoms with Crippen molar-refractivity contribution in [2.45, 2.75) is 12.6 Å². The first-order valence-electron chi connectivity index (χ1n) is 7.90. The number of aromatic nitrogens is 2. The van der Waals surface area contributed by atoms with E-state index >= 15 is 0 Å². The lowest BCUT2D eigenvalue weighted by Gasteiger charge is -2.12. The topological polar surface area (TPSA) is 67.2 Å². The lowest BCUT2D eigenvalue weighted by molar-refractivity contribution is 0.0916. The van der Waals surface area contributed by atoms with Crippen molar-refractivity contribution in [3.63, 3.8) is 0 Å². The molecule has 2 N–H and O–H groups in total. The maximum absolute atomic E-state index is 12.9. The minimum atomic E-state index is -0.886. The number of benzene rings is 2. The smallest absolute Gasteiger partial charge is 0.251 e. The molecule has 1 unspecified atom stereocenters. The number of nitrogens with one attached hydrogen (secondary N) is 1. The SMILES string of the molecule is O=C(NCC(O)c1ccc(F)cc1)c1ccc(Cn2cccn2)cc1. The van der Waals surface area contributed by atoms with Gasteiger partial charge < -0.3 is 10.4 Å². The normalized spacial score (nSPS) is 11.9. The fraction of sp³-hybridized carbons (Fsp3) is 0.158. The molecule has 5 nitrogen and oxygen atoms in total. The van der Waals surface area contributed by atoms with Crippen LogP contribution < -0.4 is 5.32 Å². The fourth-order valence-electron chi connectivity index (χ4n) is 2.44. The van der Waals surface area contributed by atoms with Gasteiger partial charge in [0.2, 0.25) is 0 Å². The summed E-state index contributed by atoms with van der Waals surface area (Å²) < 4.78 is 14.7. The monoisotopic (exact) mass is 339 g/mol. The third kappa shape index (κ3) is 4.51. The molecule has 0 saturated carbocycles. The third-order valence-corrected chi connectivity index (χ3v) is 3.83. The van der Waals surface area contributed by atoms with Gasteiger partial charge in [-0.2, -0.15) is 5.10 Å². The molecule has 1 aromatic heterocycles. The summed E-state index contributed by atoms with van der Waals surface area (Å²) in [5, 5.41) is 16.9. The molecule has 6 heteroatoms. The lowest BCUT2D eigenvalue weighted by Crippen LogP contribution is -2.28. The molecule has 0 radical (unpaired) electrons. The molecular weight excluding hydrogens is 321 g/mol. The van der Waals surface area contributed by atoms with Gasteiger partial charge >= 0.3 is 0 Å². The van der Waals surface area contributed by atoms with Crippen molar-refractivity contribution in [1.82, 2.24) is 15.1 Å². The van der Waals surface area contributed by atoms with E-state index in [2.05, 4.69) is 10.4 Å². The molecule has 128 valence electrons. The zero-order valence-electron chi connectivity index (χ0n) is 13.5. The molecule has 0 bridgehead atoms. The van der Waals surface area contributed by atoms with Crippen molar-refractivity contribution in [2.75, 3.05) is 6.54 Å². The van der Waals surface area contributed by atoms with E-state index in [1.165, 1.54) is 24.3 Å². The molecular formula is C19H18FN3O2. The summed E-state index contributed by atoms with van der Waals surface area (Å²) in [5.74, 6) is -0.637. The summed E-state index contributed by atoms with van der Waals surface area (Å²) in [6.07, 6.45) is 2.70. The van der Waals surface area contributed by atoms with Gasteiger partial charge in [0, 0.05) is 24.5 Å². The van der Waals surface area contributed by atoms with E-state index in [9.17, 15) is 14.3 Å². The van der Waals surface area contributed by atoms with Gasteiger partial charge in [-0.15, -0.1) is 0 Å². The lowest BCUT2D eigenvalue weighted by atomic mass is 10.1. The van der Waals surface area contributed by atoms with Crippen molar-refractivity contribution >= 4 is 5.91 Å². The van der Waals surface area contributed by atoms with Crippen LogP contribution in [-0.4, -0.2) is 27.3 Å². The van der Waals surface area contributed by atoms with Gasteiger partial charge in [-0.25, -0.2) is 4.39 Å². The number of amides is 1. The van der Waals surface area contributed by atoms with Crippen LogP contribution >= 0.6 is 0 Å². The zero-order chi connectivity index (χ0) is 17.6. The van der Waals surface area contributed by atoms with Crippen LogP contribution in [0.15, 0.2) is 67.0 Å². The van der Waals surface area contributed by atoms with Crippen LogP contribution in [0.1, 0.15) is 27.6 Å². The van der Waals surface area contributed by atoms with Crippen LogP contribution in [0.4, 0.5) is 4.39 Å². The highest BCUT2D eigenvalue weighted by atomic mass is 19.1. The second-order valence-electron chi connectivity index (χ2n) is 5.68. The highest BCUT2D eigenvalue weighted by Gasteiger charge is 2.11. The quantitative estimate of drug-likeness (QED) is 0.725. The summed E-state index contributed by atoms with van der Waals surface area (Å²) in [6.45, 7) is 0.692. The Balaban J connectivity index is 1.55. The first kappa shape index (κ1) is 16.9. The molecule has 1 heterocycles. The molecule has 1 atom stereocenters. The number of nitrogens with zero attached hydrogens (tertiary/aromatic N) is 2. The Morgan fingerprint density at radius 3 is 2.52 bits per heavy atom. The van der Waals surface area contributed by atoms with E-state index in [0.29, 0.717) is 17.7 Å². The van der Waals surface area contributed by atoms with Crippen molar-refractivity contribution in [3.8, 4) is 0 Å². The number of hydrogen-bond donors (Lipinski definition) is 2. The molecule has 25 heavy (non-hydrogen) atoms. The minimum Gasteiger partial charge on any atom is -0.387 e. The third-order valence-electron chi connectivity index (χ3n) is 3.83. The summed E-state index contributed by atoms with van der Waals surface area (Å²) in [5.41, 5.74) is 2.10. The number of rotatable bonds is 6. The van der Waals surface area contributed by atoms with Crippen molar-refractivity contribution in [1.29, 1.82) is 0 Å². The Bertz CT molecular complexity index is 815. The number of aliphatic hydroxyl groups is 1. The van der Waals surface area contributed by atoms with Gasteiger partial charge in [-0.05, 0) is 41.5 Å². The van der Waals surface area contributed by atoms with Crippen molar-refractivity contribution in [3.05, 3.63) is 89.5 Å². The molecule has 0 aliphatic rings. The summed E-state index contributed by atoms with van der Waals surface area (Å²) in [7, 11) is 0. The fourth-order valence-corrected chi connectivity index (χ4v) is 2.44. The maximum atomic E-state index is 12.9. The van der Waals surface area contributed by atoms with E-state index in [1.54, 1.807) is 23.0 Å². The predicted molar refractivity (Wildman–Crippen MR) is 91.5 cm³/mol. The molecule has 3 rings (SSSR count). The second-order valence-corrected chi connectivity index (χ2v) is 5.68. The number of carbonyl (C=O) groups excluding carboxylic acids is 1. The molecule has 1 amide bonds. The Morgan fingerprint density at radius 1 is 1.16 bits per heavy atom. The van der Waals surface area contributed by atoms with Gasteiger partial charge in [-0.3, -0.25) is 9.48 Å². The molecule has 0 saturated heterocycles. The summed E-state index contributed by atoms with van der Waals surface area (Å²) in [6, 6.07) is 14.6. The van der Waals surface area contributed by atoms with Crippen LogP contribution in [0.25, 0.3) is 0 Å². The predicted octanol–water partition coefficient (Wildman–Crippen LogP) is 2.53. The number of hydrogen-bond acceptors (Lipinski definition) is 3. The highest BCUT2D eigenvalue weighted by Crippen LogP contribution is 2.13.